The third-order valence-corrected chi connectivity index (χ3v) is 3.35. The van der Waals surface area contributed by atoms with Crippen molar-refractivity contribution in [2.75, 3.05) is 25.5 Å². The summed E-state index contributed by atoms with van der Waals surface area (Å²) in [6.45, 7) is 0.656. The van der Waals surface area contributed by atoms with Gasteiger partial charge >= 0.3 is 0 Å². The Morgan fingerprint density at radius 2 is 1.74 bits per heavy atom. The van der Waals surface area contributed by atoms with E-state index in [0.717, 1.165) is 24.1 Å². The number of hydrogen-bond donors (Lipinski definition) is 1. The van der Waals surface area contributed by atoms with Crippen LogP contribution in [0.25, 0.3) is 0 Å². The van der Waals surface area contributed by atoms with Crippen LogP contribution in [0.1, 0.15) is 5.56 Å². The highest BCUT2D eigenvalue weighted by molar-refractivity contribution is 5.92. The molecule has 2 aromatic rings. The molecule has 0 saturated carbocycles. The maximum Gasteiger partial charge on any atom is 0.238 e. The highest BCUT2D eigenvalue weighted by Gasteiger charge is 2.15. The average molecular weight is 322 g/mol. The first-order valence-electron chi connectivity index (χ1n) is 7.13. The van der Waals surface area contributed by atoms with E-state index in [0.29, 0.717) is 6.54 Å². The molecule has 0 bridgehead atoms. The van der Waals surface area contributed by atoms with Crippen LogP contribution >= 0.6 is 0 Å². The molecule has 1 N–H and O–H groups in total. The highest BCUT2D eigenvalue weighted by atomic mass is 19.2. The molecule has 0 radical (unpaired) electrons. The first-order valence-corrected chi connectivity index (χ1v) is 7.13. The molecule has 0 aliphatic rings. The Morgan fingerprint density at radius 1 is 1.04 bits per heavy atom. The molecule has 0 fully saturated rings. The Morgan fingerprint density at radius 3 is 2.43 bits per heavy atom. The molecular weight excluding hydrogens is 305 g/mol. The van der Waals surface area contributed by atoms with E-state index in [1.54, 1.807) is 11.9 Å². The normalized spacial score (nSPS) is 10.8. The predicted molar refractivity (Wildman–Crippen MR) is 82.6 cm³/mol. The highest BCUT2D eigenvalue weighted by Crippen LogP contribution is 2.19. The van der Waals surface area contributed by atoms with Crippen molar-refractivity contribution in [3.05, 3.63) is 65.5 Å². The van der Waals surface area contributed by atoms with Crippen LogP contribution in [0.3, 0.4) is 0 Å². The number of benzene rings is 2. The van der Waals surface area contributed by atoms with Crippen molar-refractivity contribution >= 4 is 11.6 Å². The summed E-state index contributed by atoms with van der Waals surface area (Å²) in [4.78, 5) is 13.6. The van der Waals surface area contributed by atoms with E-state index >= 15 is 0 Å². The number of halogens is 3. The quantitative estimate of drug-likeness (QED) is 0.828. The van der Waals surface area contributed by atoms with Gasteiger partial charge in [0.25, 0.3) is 0 Å². The second-order valence-corrected chi connectivity index (χ2v) is 5.24. The zero-order valence-corrected chi connectivity index (χ0v) is 12.7. The SMILES string of the molecule is CN(CCc1ccccc1)CC(=O)Nc1ccc(F)c(F)c1F. The summed E-state index contributed by atoms with van der Waals surface area (Å²) < 4.78 is 39.4. The lowest BCUT2D eigenvalue weighted by Crippen LogP contribution is -2.32. The van der Waals surface area contributed by atoms with Crippen molar-refractivity contribution in [3.8, 4) is 0 Å². The third kappa shape index (κ3) is 4.82. The number of nitrogens with zero attached hydrogens (tertiary/aromatic N) is 1. The van der Waals surface area contributed by atoms with Gasteiger partial charge in [-0.25, -0.2) is 13.2 Å². The van der Waals surface area contributed by atoms with Crippen LogP contribution < -0.4 is 5.32 Å². The monoisotopic (exact) mass is 322 g/mol. The fourth-order valence-corrected chi connectivity index (χ4v) is 2.10. The lowest BCUT2D eigenvalue weighted by atomic mass is 10.1. The van der Waals surface area contributed by atoms with Crippen molar-refractivity contribution in [3.63, 3.8) is 0 Å². The molecule has 23 heavy (non-hydrogen) atoms. The maximum absolute atomic E-state index is 13.5. The number of hydrogen-bond acceptors (Lipinski definition) is 2. The standard InChI is InChI=1S/C17H17F3N2O/c1-22(10-9-12-5-3-2-4-6-12)11-15(23)21-14-8-7-13(18)16(19)17(14)20/h2-8H,9-11H2,1H3,(H,21,23). The summed E-state index contributed by atoms with van der Waals surface area (Å²) in [5.41, 5.74) is 0.775. The van der Waals surface area contributed by atoms with E-state index in [9.17, 15) is 18.0 Å². The van der Waals surface area contributed by atoms with Crippen molar-refractivity contribution in [1.82, 2.24) is 4.90 Å². The summed E-state index contributed by atoms with van der Waals surface area (Å²) in [7, 11) is 1.75. The average Bonchev–Trinajstić information content (AvgIpc) is 2.54. The molecule has 0 unspecified atom stereocenters. The van der Waals surface area contributed by atoms with Gasteiger partial charge in [0.05, 0.1) is 12.2 Å². The maximum atomic E-state index is 13.5. The van der Waals surface area contributed by atoms with Crippen LogP contribution in [-0.4, -0.2) is 30.9 Å². The molecule has 0 aliphatic carbocycles. The Kier molecular flexibility index (Phi) is 5.76. The zero-order chi connectivity index (χ0) is 16.8. The van der Waals surface area contributed by atoms with E-state index in [-0.39, 0.29) is 12.2 Å². The van der Waals surface area contributed by atoms with Gasteiger partial charge in [-0.2, -0.15) is 0 Å². The molecule has 0 aliphatic heterocycles. The zero-order valence-electron chi connectivity index (χ0n) is 12.7. The summed E-state index contributed by atoms with van der Waals surface area (Å²) in [5.74, 6) is -4.78. The van der Waals surface area contributed by atoms with Crippen LogP contribution in [0, 0.1) is 17.5 Å². The van der Waals surface area contributed by atoms with Gasteiger partial charge < -0.3 is 5.32 Å². The summed E-state index contributed by atoms with van der Waals surface area (Å²) in [5, 5.41) is 2.25. The van der Waals surface area contributed by atoms with Crippen LogP contribution in [0.4, 0.5) is 18.9 Å². The molecule has 1 amide bonds. The van der Waals surface area contributed by atoms with Gasteiger partial charge in [0, 0.05) is 6.54 Å². The van der Waals surface area contributed by atoms with Crippen LogP contribution in [0.2, 0.25) is 0 Å². The number of carbonyl (C=O) groups is 1. The van der Waals surface area contributed by atoms with Gasteiger partial charge in [0.15, 0.2) is 17.5 Å². The van der Waals surface area contributed by atoms with E-state index in [1.165, 1.54) is 0 Å². The number of anilines is 1. The van der Waals surface area contributed by atoms with Crippen LogP contribution in [-0.2, 0) is 11.2 Å². The van der Waals surface area contributed by atoms with Crippen molar-refractivity contribution in [1.29, 1.82) is 0 Å². The number of nitrogens with one attached hydrogen (secondary N) is 1. The van der Waals surface area contributed by atoms with Crippen LogP contribution in [0.5, 0.6) is 0 Å². The Bertz CT molecular complexity index is 677. The molecule has 0 aromatic heterocycles. The van der Waals surface area contributed by atoms with E-state index in [2.05, 4.69) is 5.32 Å². The fourth-order valence-electron chi connectivity index (χ4n) is 2.10. The van der Waals surface area contributed by atoms with Gasteiger partial charge in [-0.05, 0) is 31.2 Å². The molecule has 0 atom stereocenters. The van der Waals surface area contributed by atoms with Gasteiger partial charge in [0.1, 0.15) is 0 Å². The molecule has 6 heteroatoms. The first-order chi connectivity index (χ1) is 11.0. The number of carbonyl (C=O) groups excluding carboxylic acids is 1. The van der Waals surface area contributed by atoms with Crippen LogP contribution in [0.15, 0.2) is 42.5 Å². The summed E-state index contributed by atoms with van der Waals surface area (Å²) in [6, 6.07) is 11.6. The minimum Gasteiger partial charge on any atom is -0.322 e. The fraction of sp³-hybridized carbons (Fsp3) is 0.235. The predicted octanol–water partition coefficient (Wildman–Crippen LogP) is 3.22. The molecule has 0 spiro atoms. The van der Waals surface area contributed by atoms with Gasteiger partial charge in [-0.3, -0.25) is 9.69 Å². The minimum atomic E-state index is -1.60. The van der Waals surface area contributed by atoms with E-state index in [4.69, 9.17) is 0 Å². The van der Waals surface area contributed by atoms with Gasteiger partial charge in [-0.1, -0.05) is 30.3 Å². The smallest absolute Gasteiger partial charge is 0.238 e. The second kappa shape index (κ2) is 7.78. The van der Waals surface area contributed by atoms with Gasteiger partial charge in [-0.15, -0.1) is 0 Å². The molecule has 0 saturated heterocycles. The van der Waals surface area contributed by atoms with Gasteiger partial charge in [0.2, 0.25) is 5.91 Å². The molecular formula is C17H17F3N2O. The molecule has 2 aromatic carbocycles. The molecule has 0 heterocycles. The summed E-state index contributed by atoms with van der Waals surface area (Å²) >= 11 is 0. The number of amides is 1. The van der Waals surface area contributed by atoms with Crippen molar-refractivity contribution in [2.45, 2.75) is 6.42 Å². The topological polar surface area (TPSA) is 32.3 Å². The third-order valence-electron chi connectivity index (χ3n) is 3.35. The second-order valence-electron chi connectivity index (χ2n) is 5.24. The lowest BCUT2D eigenvalue weighted by Gasteiger charge is -2.16. The van der Waals surface area contributed by atoms with E-state index < -0.39 is 23.4 Å². The Labute approximate surface area is 132 Å². The molecule has 2 rings (SSSR count). The summed E-state index contributed by atoms with van der Waals surface area (Å²) in [6.07, 6.45) is 0.768. The minimum absolute atomic E-state index is 0.0191. The first kappa shape index (κ1) is 17.0. The largest absolute Gasteiger partial charge is 0.322 e. The number of likely N-dealkylation sites (N-methyl/N-ethyl adjacent to an activating group) is 1. The Balaban J connectivity index is 1.86. The van der Waals surface area contributed by atoms with Crippen molar-refractivity contribution in [2.24, 2.45) is 0 Å². The van der Waals surface area contributed by atoms with Crippen molar-refractivity contribution < 1.29 is 18.0 Å². The lowest BCUT2D eigenvalue weighted by molar-refractivity contribution is -0.117. The number of rotatable bonds is 6. The molecule has 122 valence electrons. The molecule has 3 nitrogen and oxygen atoms in total. The Hall–Kier alpha value is -2.34. The van der Waals surface area contributed by atoms with E-state index in [1.807, 2.05) is 30.3 Å².